The number of hydrogen-bond acceptors (Lipinski definition) is 5. The van der Waals surface area contributed by atoms with Crippen LogP contribution in [-0.4, -0.2) is 46.1 Å². The largest absolute Gasteiger partial charge is 0.486 e. The lowest BCUT2D eigenvalue weighted by Gasteiger charge is -2.26. The fourth-order valence-corrected chi connectivity index (χ4v) is 3.54. The number of hydrogen-bond donors (Lipinski definition) is 1. The molecule has 0 saturated heterocycles. The molecule has 7 heteroatoms. The molecule has 1 N–H and O–H groups in total. The average Bonchev–Trinajstić information content (AvgIpc) is 2.62. The van der Waals surface area contributed by atoms with Gasteiger partial charge in [-0.3, -0.25) is 0 Å². The molecule has 0 radical (unpaired) electrons. The molecule has 6 nitrogen and oxygen atoms in total. The Morgan fingerprint density at radius 1 is 1.12 bits per heavy atom. The molecule has 0 spiro atoms. The summed E-state index contributed by atoms with van der Waals surface area (Å²) in [5.41, 5.74) is 0.903. The minimum absolute atomic E-state index is 0.0800. The van der Waals surface area contributed by atoms with Crippen LogP contribution in [0.4, 0.5) is 0 Å². The van der Waals surface area contributed by atoms with E-state index in [2.05, 4.69) is 5.32 Å². The molecule has 1 aliphatic heterocycles. The van der Waals surface area contributed by atoms with Gasteiger partial charge in [-0.15, -0.1) is 0 Å². The fraction of sp³-hybridized carbons (Fsp3) is 0.333. The maximum atomic E-state index is 12.2. The molecular weight excluding hydrogens is 340 g/mol. The molecule has 2 aromatic carbocycles. The van der Waals surface area contributed by atoms with Crippen molar-refractivity contribution in [2.75, 3.05) is 27.2 Å². The maximum absolute atomic E-state index is 12.2. The van der Waals surface area contributed by atoms with Crippen LogP contribution in [0, 0.1) is 0 Å². The van der Waals surface area contributed by atoms with Crippen LogP contribution in [0.5, 0.6) is 11.5 Å². The normalized spacial score (nSPS) is 16.8. The van der Waals surface area contributed by atoms with Gasteiger partial charge in [0.2, 0.25) is 10.0 Å². The van der Waals surface area contributed by atoms with E-state index in [9.17, 15) is 8.42 Å². The monoisotopic (exact) mass is 362 g/mol. The number of ether oxygens (including phenoxy) is 2. The quantitative estimate of drug-likeness (QED) is 0.850. The highest BCUT2D eigenvalue weighted by molar-refractivity contribution is 7.89. The Morgan fingerprint density at radius 3 is 2.64 bits per heavy atom. The minimum Gasteiger partial charge on any atom is -0.486 e. The Morgan fingerprint density at radius 2 is 1.88 bits per heavy atom. The van der Waals surface area contributed by atoms with Gasteiger partial charge in [0, 0.05) is 27.2 Å². The third-order valence-electron chi connectivity index (χ3n) is 3.95. The summed E-state index contributed by atoms with van der Waals surface area (Å²) in [6.07, 6.45) is -0.0800. The Balaban J connectivity index is 1.57. The van der Waals surface area contributed by atoms with E-state index in [0.29, 0.717) is 24.6 Å². The Bertz CT molecular complexity index is 836. The molecule has 2 aromatic rings. The van der Waals surface area contributed by atoms with Gasteiger partial charge in [0.05, 0.1) is 4.90 Å². The van der Waals surface area contributed by atoms with Gasteiger partial charge >= 0.3 is 0 Å². The summed E-state index contributed by atoms with van der Waals surface area (Å²) in [6.45, 7) is 1.65. The molecule has 0 fully saturated rings. The second-order valence-corrected chi connectivity index (χ2v) is 8.22. The highest BCUT2D eigenvalue weighted by atomic mass is 32.2. The number of nitrogens with one attached hydrogen (secondary N) is 1. The number of para-hydroxylation sites is 2. The zero-order valence-corrected chi connectivity index (χ0v) is 15.1. The molecule has 0 amide bonds. The minimum atomic E-state index is -3.42. The Labute approximate surface area is 148 Å². The second-order valence-electron chi connectivity index (χ2n) is 6.06. The van der Waals surface area contributed by atoms with E-state index >= 15 is 0 Å². The fourth-order valence-electron chi connectivity index (χ4n) is 2.57. The summed E-state index contributed by atoms with van der Waals surface area (Å²) in [6, 6.07) is 14.5. The van der Waals surface area contributed by atoms with Crippen molar-refractivity contribution in [3.8, 4) is 11.5 Å². The van der Waals surface area contributed by atoms with Crippen LogP contribution in [-0.2, 0) is 16.6 Å². The van der Waals surface area contributed by atoms with E-state index in [4.69, 9.17) is 9.47 Å². The van der Waals surface area contributed by atoms with Gasteiger partial charge < -0.3 is 14.8 Å². The first kappa shape index (κ1) is 17.7. The number of benzene rings is 2. The molecule has 3 rings (SSSR count). The van der Waals surface area contributed by atoms with Crippen LogP contribution in [0.15, 0.2) is 53.4 Å². The first-order valence-corrected chi connectivity index (χ1v) is 9.51. The van der Waals surface area contributed by atoms with Crippen molar-refractivity contribution < 1.29 is 17.9 Å². The molecule has 134 valence electrons. The van der Waals surface area contributed by atoms with Crippen molar-refractivity contribution in [3.63, 3.8) is 0 Å². The summed E-state index contributed by atoms with van der Waals surface area (Å²) in [4.78, 5) is 0.294. The van der Waals surface area contributed by atoms with Crippen LogP contribution in [0.3, 0.4) is 0 Å². The lowest BCUT2D eigenvalue weighted by Crippen LogP contribution is -2.38. The molecule has 1 atom stereocenters. The molecule has 0 aliphatic carbocycles. The summed E-state index contributed by atoms with van der Waals surface area (Å²) in [5, 5.41) is 3.30. The van der Waals surface area contributed by atoms with Gasteiger partial charge in [0.15, 0.2) is 11.5 Å². The van der Waals surface area contributed by atoms with Crippen molar-refractivity contribution in [1.82, 2.24) is 9.62 Å². The van der Waals surface area contributed by atoms with Crippen molar-refractivity contribution in [2.24, 2.45) is 0 Å². The van der Waals surface area contributed by atoms with E-state index < -0.39 is 10.0 Å². The van der Waals surface area contributed by atoms with Gasteiger partial charge in [0.1, 0.15) is 12.7 Å². The van der Waals surface area contributed by atoms with E-state index in [1.54, 1.807) is 18.2 Å². The maximum Gasteiger partial charge on any atom is 0.242 e. The first-order valence-electron chi connectivity index (χ1n) is 8.07. The van der Waals surface area contributed by atoms with Crippen LogP contribution in [0.2, 0.25) is 0 Å². The first-order chi connectivity index (χ1) is 12.0. The van der Waals surface area contributed by atoms with Crippen molar-refractivity contribution in [1.29, 1.82) is 0 Å². The van der Waals surface area contributed by atoms with Gasteiger partial charge in [-0.1, -0.05) is 24.3 Å². The topological polar surface area (TPSA) is 67.9 Å². The van der Waals surface area contributed by atoms with Crippen molar-refractivity contribution in [3.05, 3.63) is 54.1 Å². The Kier molecular flexibility index (Phi) is 5.27. The predicted octanol–water partition coefficient (Wildman–Crippen LogP) is 1.87. The van der Waals surface area contributed by atoms with Crippen molar-refractivity contribution in [2.45, 2.75) is 17.5 Å². The lowest BCUT2D eigenvalue weighted by molar-refractivity contribution is 0.0902. The number of fused-ring (bicyclic) bond motifs is 1. The van der Waals surface area contributed by atoms with Crippen LogP contribution in [0.25, 0.3) is 0 Å². The lowest BCUT2D eigenvalue weighted by atomic mass is 10.2. The summed E-state index contributed by atoms with van der Waals surface area (Å²) in [7, 11) is -0.365. The molecular formula is C18H22N2O4S. The summed E-state index contributed by atoms with van der Waals surface area (Å²) >= 11 is 0. The van der Waals surface area contributed by atoms with Crippen LogP contribution in [0.1, 0.15) is 5.56 Å². The molecule has 0 saturated carbocycles. The van der Waals surface area contributed by atoms with Gasteiger partial charge in [-0.25, -0.2) is 12.7 Å². The van der Waals surface area contributed by atoms with Gasteiger partial charge in [0.25, 0.3) is 0 Å². The van der Waals surface area contributed by atoms with Gasteiger partial charge in [-0.2, -0.15) is 0 Å². The zero-order valence-electron chi connectivity index (χ0n) is 14.3. The SMILES string of the molecule is CN(C)S(=O)(=O)c1cccc(CNC[C@H]2COc3ccccc3O2)c1. The second kappa shape index (κ2) is 7.43. The third-order valence-corrected chi connectivity index (χ3v) is 5.76. The molecule has 25 heavy (non-hydrogen) atoms. The molecule has 0 bridgehead atoms. The smallest absolute Gasteiger partial charge is 0.242 e. The third kappa shape index (κ3) is 4.12. The van der Waals surface area contributed by atoms with E-state index in [1.165, 1.54) is 18.4 Å². The molecule has 1 aliphatic rings. The summed E-state index contributed by atoms with van der Waals surface area (Å²) in [5.74, 6) is 1.51. The predicted molar refractivity (Wildman–Crippen MR) is 95.4 cm³/mol. The number of nitrogens with zero attached hydrogens (tertiary/aromatic N) is 1. The van der Waals surface area contributed by atoms with Crippen LogP contribution >= 0.6 is 0 Å². The van der Waals surface area contributed by atoms with Crippen LogP contribution < -0.4 is 14.8 Å². The zero-order chi connectivity index (χ0) is 17.9. The number of rotatable bonds is 6. The molecule has 0 aromatic heterocycles. The van der Waals surface area contributed by atoms with E-state index in [0.717, 1.165) is 17.1 Å². The average molecular weight is 362 g/mol. The highest BCUT2D eigenvalue weighted by Gasteiger charge is 2.20. The van der Waals surface area contributed by atoms with E-state index in [1.807, 2.05) is 30.3 Å². The molecule has 1 heterocycles. The number of sulfonamides is 1. The summed E-state index contributed by atoms with van der Waals surface area (Å²) < 4.78 is 37.2. The van der Waals surface area contributed by atoms with Gasteiger partial charge in [-0.05, 0) is 29.8 Å². The van der Waals surface area contributed by atoms with E-state index in [-0.39, 0.29) is 6.10 Å². The highest BCUT2D eigenvalue weighted by Crippen LogP contribution is 2.30. The standard InChI is InChI=1S/C18H22N2O4S/c1-20(2)25(21,22)16-7-5-6-14(10-16)11-19-12-15-13-23-17-8-3-4-9-18(17)24-15/h3-10,15,19H,11-13H2,1-2H3/t15-/m0/s1. The Hall–Kier alpha value is -2.09. The van der Waals surface area contributed by atoms with Crippen molar-refractivity contribution >= 4 is 10.0 Å². The molecule has 0 unspecified atom stereocenters.